The average molecular weight is 428 g/mol. The van der Waals surface area contributed by atoms with Crippen molar-refractivity contribution < 1.29 is 4.79 Å². The molecule has 1 saturated heterocycles. The molecule has 2 aromatic heterocycles. The quantitative estimate of drug-likeness (QED) is 0.477. The summed E-state index contributed by atoms with van der Waals surface area (Å²) >= 11 is 6.10. The lowest BCUT2D eigenvalue weighted by Crippen LogP contribution is -2.60. The summed E-state index contributed by atoms with van der Waals surface area (Å²) in [4.78, 5) is 27.6. The summed E-state index contributed by atoms with van der Waals surface area (Å²) in [5, 5.41) is 4.67. The number of aromatic amines is 1. The van der Waals surface area contributed by atoms with Crippen molar-refractivity contribution in [1.29, 1.82) is 0 Å². The van der Waals surface area contributed by atoms with Crippen LogP contribution >= 0.6 is 11.6 Å². The minimum Gasteiger partial charge on any atom is -0.346 e. The average Bonchev–Trinajstić information content (AvgIpc) is 3.24. The van der Waals surface area contributed by atoms with E-state index in [0.29, 0.717) is 55.4 Å². The van der Waals surface area contributed by atoms with Gasteiger partial charge < -0.3 is 21.8 Å². The van der Waals surface area contributed by atoms with Gasteiger partial charge in [0.2, 0.25) is 5.91 Å². The predicted octanol–water partition coefficient (Wildman–Crippen LogP) is 2.12. The molecule has 3 heterocycles. The molecule has 30 heavy (non-hydrogen) atoms. The van der Waals surface area contributed by atoms with Crippen LogP contribution in [-0.2, 0) is 4.79 Å². The molecular formula is C21H26ClN7O. The molecular weight excluding hydrogens is 402 g/mol. The van der Waals surface area contributed by atoms with Gasteiger partial charge in [0.15, 0.2) is 0 Å². The predicted molar refractivity (Wildman–Crippen MR) is 118 cm³/mol. The maximum Gasteiger partial charge on any atom is 0.248 e. The number of nitrogens with zero attached hydrogens (tertiary/aromatic N) is 3. The number of aromatic nitrogens is 3. The first-order valence-electron chi connectivity index (χ1n) is 10.1. The van der Waals surface area contributed by atoms with Gasteiger partial charge in [-0.1, -0.05) is 23.7 Å². The molecule has 0 saturated carbocycles. The molecule has 1 aliphatic heterocycles. The van der Waals surface area contributed by atoms with Crippen molar-refractivity contribution in [3.63, 3.8) is 0 Å². The summed E-state index contributed by atoms with van der Waals surface area (Å²) in [5.41, 5.74) is 13.3. The van der Waals surface area contributed by atoms with Gasteiger partial charge in [-0.15, -0.1) is 0 Å². The van der Waals surface area contributed by atoms with Gasteiger partial charge in [0.1, 0.15) is 17.8 Å². The standard InChI is InChI=1S/C21H26ClN7O/c22-15-3-1-14(2-4-15)17(5-9-23)29(20(30)21(24)7-11-25-12-8-21)19-16-6-10-26-18(16)27-13-28-19/h1-4,6,10,13,17,25H,5,7-9,11-12,23-24H2,(H,26,27,28). The highest BCUT2D eigenvalue weighted by Crippen LogP contribution is 2.35. The second kappa shape index (κ2) is 8.69. The van der Waals surface area contributed by atoms with Crippen molar-refractivity contribution in [2.75, 3.05) is 24.5 Å². The molecule has 158 valence electrons. The first kappa shape index (κ1) is 20.7. The zero-order valence-electron chi connectivity index (χ0n) is 16.6. The third-order valence-electron chi connectivity index (χ3n) is 5.71. The zero-order chi connectivity index (χ0) is 21.1. The highest BCUT2D eigenvalue weighted by molar-refractivity contribution is 6.30. The van der Waals surface area contributed by atoms with E-state index >= 15 is 0 Å². The van der Waals surface area contributed by atoms with Crippen LogP contribution in [0.1, 0.15) is 30.9 Å². The highest BCUT2D eigenvalue weighted by Gasteiger charge is 2.42. The van der Waals surface area contributed by atoms with Gasteiger partial charge >= 0.3 is 0 Å². The molecule has 0 aliphatic carbocycles. The van der Waals surface area contributed by atoms with Gasteiger partial charge in [-0.05, 0) is 62.7 Å². The van der Waals surface area contributed by atoms with E-state index in [0.717, 1.165) is 10.9 Å². The molecule has 0 bridgehead atoms. The van der Waals surface area contributed by atoms with Crippen molar-refractivity contribution in [2.45, 2.75) is 30.8 Å². The fourth-order valence-electron chi connectivity index (χ4n) is 4.05. The Labute approximate surface area is 180 Å². The van der Waals surface area contributed by atoms with Gasteiger partial charge in [0.05, 0.1) is 17.0 Å². The number of rotatable bonds is 6. The molecule has 1 atom stereocenters. The van der Waals surface area contributed by atoms with Crippen molar-refractivity contribution in [1.82, 2.24) is 20.3 Å². The second-order valence-electron chi connectivity index (χ2n) is 7.66. The van der Waals surface area contributed by atoms with Gasteiger partial charge in [0.25, 0.3) is 0 Å². The lowest BCUT2D eigenvalue weighted by atomic mass is 9.86. The van der Waals surface area contributed by atoms with Crippen LogP contribution < -0.4 is 21.7 Å². The smallest absolute Gasteiger partial charge is 0.248 e. The Kier molecular flexibility index (Phi) is 6.01. The number of nitrogens with two attached hydrogens (primary N) is 2. The Bertz CT molecular complexity index is 1010. The minimum absolute atomic E-state index is 0.154. The number of nitrogens with one attached hydrogen (secondary N) is 2. The van der Waals surface area contributed by atoms with Crippen LogP contribution in [0.5, 0.6) is 0 Å². The van der Waals surface area contributed by atoms with Crippen LogP contribution in [0.25, 0.3) is 11.0 Å². The molecule has 0 radical (unpaired) electrons. The maximum atomic E-state index is 14.0. The number of carbonyl (C=O) groups excluding carboxylic acids is 1. The summed E-state index contributed by atoms with van der Waals surface area (Å²) in [6, 6.07) is 9.02. The van der Waals surface area contributed by atoms with Crippen molar-refractivity contribution in [3.05, 3.63) is 53.4 Å². The van der Waals surface area contributed by atoms with Crippen LogP contribution in [0, 0.1) is 0 Å². The van der Waals surface area contributed by atoms with E-state index in [9.17, 15) is 4.79 Å². The Morgan fingerprint density at radius 1 is 1.20 bits per heavy atom. The first-order valence-corrected chi connectivity index (χ1v) is 10.5. The number of benzene rings is 1. The molecule has 9 heteroatoms. The van der Waals surface area contributed by atoms with Crippen molar-refractivity contribution in [3.8, 4) is 0 Å². The molecule has 1 amide bonds. The number of fused-ring (bicyclic) bond motifs is 1. The number of carbonyl (C=O) groups is 1. The van der Waals surface area contributed by atoms with E-state index in [2.05, 4.69) is 20.3 Å². The Morgan fingerprint density at radius 3 is 2.63 bits per heavy atom. The number of anilines is 1. The Balaban J connectivity index is 1.86. The number of H-pyrrole nitrogens is 1. The monoisotopic (exact) mass is 427 g/mol. The third-order valence-corrected chi connectivity index (χ3v) is 5.96. The van der Waals surface area contributed by atoms with Crippen LogP contribution in [-0.4, -0.2) is 46.0 Å². The molecule has 3 aromatic rings. The zero-order valence-corrected chi connectivity index (χ0v) is 17.4. The van der Waals surface area contributed by atoms with E-state index in [1.165, 1.54) is 6.33 Å². The molecule has 1 aliphatic rings. The van der Waals surface area contributed by atoms with Crippen LogP contribution in [0.4, 0.5) is 5.82 Å². The molecule has 1 fully saturated rings. The van der Waals surface area contributed by atoms with E-state index in [1.807, 2.05) is 30.3 Å². The number of halogens is 1. The normalized spacial score (nSPS) is 17.0. The van der Waals surface area contributed by atoms with Gasteiger partial charge in [-0.25, -0.2) is 9.97 Å². The lowest BCUT2D eigenvalue weighted by Gasteiger charge is -2.40. The van der Waals surface area contributed by atoms with E-state index in [4.69, 9.17) is 23.1 Å². The SMILES string of the molecule is NCCC(c1ccc(Cl)cc1)N(C(=O)C1(N)CCNCC1)c1ncnc2[nH]ccc12. The first-order chi connectivity index (χ1) is 14.5. The van der Waals surface area contributed by atoms with Gasteiger partial charge in [-0.2, -0.15) is 0 Å². The third kappa shape index (κ3) is 3.91. The van der Waals surface area contributed by atoms with E-state index in [1.54, 1.807) is 11.1 Å². The van der Waals surface area contributed by atoms with Crippen molar-refractivity contribution >= 4 is 34.4 Å². The molecule has 1 unspecified atom stereocenters. The molecule has 8 nitrogen and oxygen atoms in total. The highest BCUT2D eigenvalue weighted by atomic mass is 35.5. The Hall–Kier alpha value is -2.52. The number of piperidine rings is 1. The molecule has 0 spiro atoms. The summed E-state index contributed by atoms with van der Waals surface area (Å²) in [6.07, 6.45) is 4.91. The van der Waals surface area contributed by atoms with Crippen LogP contribution in [0.2, 0.25) is 5.02 Å². The molecule has 4 rings (SSSR count). The van der Waals surface area contributed by atoms with E-state index in [-0.39, 0.29) is 11.9 Å². The molecule has 1 aromatic carbocycles. The fourth-order valence-corrected chi connectivity index (χ4v) is 4.18. The number of hydrogen-bond acceptors (Lipinski definition) is 6. The Morgan fingerprint density at radius 2 is 1.93 bits per heavy atom. The largest absolute Gasteiger partial charge is 0.346 e. The van der Waals surface area contributed by atoms with E-state index < -0.39 is 5.54 Å². The minimum atomic E-state index is -0.974. The second-order valence-corrected chi connectivity index (χ2v) is 8.10. The molecule has 6 N–H and O–H groups in total. The number of hydrogen-bond donors (Lipinski definition) is 4. The summed E-state index contributed by atoms with van der Waals surface area (Å²) in [6.45, 7) is 1.79. The lowest BCUT2D eigenvalue weighted by molar-refractivity contribution is -0.125. The number of amides is 1. The summed E-state index contributed by atoms with van der Waals surface area (Å²) in [5.74, 6) is 0.376. The topological polar surface area (TPSA) is 126 Å². The van der Waals surface area contributed by atoms with Crippen LogP contribution in [0.3, 0.4) is 0 Å². The fraction of sp³-hybridized carbons (Fsp3) is 0.381. The van der Waals surface area contributed by atoms with Crippen LogP contribution in [0.15, 0.2) is 42.9 Å². The summed E-state index contributed by atoms with van der Waals surface area (Å²) < 4.78 is 0. The van der Waals surface area contributed by atoms with Gasteiger partial charge in [0, 0.05) is 11.2 Å². The maximum absolute atomic E-state index is 14.0. The van der Waals surface area contributed by atoms with Gasteiger partial charge in [-0.3, -0.25) is 9.69 Å². The van der Waals surface area contributed by atoms with Crippen molar-refractivity contribution in [2.24, 2.45) is 11.5 Å². The summed E-state index contributed by atoms with van der Waals surface area (Å²) in [7, 11) is 0.